The van der Waals surface area contributed by atoms with Gasteiger partial charge in [-0.1, -0.05) is 224 Å². The average molecular weight is 1010 g/mol. The molecule has 408 valence electrons. The molecule has 0 aliphatic heterocycles. The lowest BCUT2D eigenvalue weighted by Crippen LogP contribution is -2.30. The van der Waals surface area contributed by atoms with E-state index in [-0.39, 0.29) is 44.0 Å². The van der Waals surface area contributed by atoms with Gasteiger partial charge in [0.1, 0.15) is 13.2 Å². The van der Waals surface area contributed by atoms with E-state index in [1.54, 1.807) is 0 Å². The number of unbranched alkanes of at least 4 members (excludes halogenated alkanes) is 13. The zero-order valence-corrected chi connectivity index (χ0v) is 46.6. The first-order chi connectivity index (χ1) is 36.0. The lowest BCUT2D eigenvalue weighted by molar-refractivity contribution is -0.167. The largest absolute Gasteiger partial charge is 0.462 e. The van der Waals surface area contributed by atoms with Crippen LogP contribution in [-0.2, 0) is 28.6 Å². The van der Waals surface area contributed by atoms with E-state index in [0.29, 0.717) is 12.8 Å². The van der Waals surface area contributed by atoms with Crippen LogP contribution in [0.3, 0.4) is 0 Å². The highest BCUT2D eigenvalue weighted by Crippen LogP contribution is 2.13. The van der Waals surface area contributed by atoms with Crippen molar-refractivity contribution >= 4 is 17.9 Å². The summed E-state index contributed by atoms with van der Waals surface area (Å²) in [5.74, 6) is -0.999. The smallest absolute Gasteiger partial charge is 0.306 e. The molecule has 0 aliphatic carbocycles. The normalized spacial score (nSPS) is 13.3. The number of esters is 3. The predicted molar refractivity (Wildman–Crippen MR) is 315 cm³/mol. The van der Waals surface area contributed by atoms with Crippen molar-refractivity contribution in [2.45, 2.75) is 232 Å². The van der Waals surface area contributed by atoms with Crippen LogP contribution in [0.1, 0.15) is 226 Å². The Morgan fingerprint density at radius 2 is 0.534 bits per heavy atom. The van der Waals surface area contributed by atoms with E-state index < -0.39 is 6.10 Å². The summed E-state index contributed by atoms with van der Waals surface area (Å²) in [5, 5.41) is 0. The van der Waals surface area contributed by atoms with Gasteiger partial charge in [-0.2, -0.15) is 0 Å². The molecule has 0 aromatic rings. The third kappa shape index (κ3) is 57.8. The molecule has 0 saturated heterocycles. The molecule has 1 unspecified atom stereocenters. The predicted octanol–water partition coefficient (Wildman–Crippen LogP) is 19.8. The lowest BCUT2D eigenvalue weighted by Gasteiger charge is -2.18. The van der Waals surface area contributed by atoms with E-state index in [1.807, 2.05) is 0 Å². The first kappa shape index (κ1) is 68.0. The molecule has 0 spiro atoms. The van der Waals surface area contributed by atoms with Crippen LogP contribution in [0.2, 0.25) is 0 Å². The van der Waals surface area contributed by atoms with Crippen molar-refractivity contribution in [3.05, 3.63) is 158 Å². The molecule has 6 nitrogen and oxygen atoms in total. The molecular formula is C67H104O6. The molecule has 0 aliphatic rings. The summed E-state index contributed by atoms with van der Waals surface area (Å²) in [7, 11) is 0. The van der Waals surface area contributed by atoms with Gasteiger partial charge < -0.3 is 14.2 Å². The number of carbonyl (C=O) groups excluding carboxylic acids is 3. The van der Waals surface area contributed by atoms with Crippen molar-refractivity contribution in [1.82, 2.24) is 0 Å². The van der Waals surface area contributed by atoms with Crippen molar-refractivity contribution < 1.29 is 28.6 Å². The number of hydrogen-bond donors (Lipinski definition) is 0. The van der Waals surface area contributed by atoms with Crippen LogP contribution in [0.25, 0.3) is 0 Å². The summed E-state index contributed by atoms with van der Waals surface area (Å²) >= 11 is 0. The number of rotatable bonds is 50. The summed E-state index contributed by atoms with van der Waals surface area (Å²) in [5.41, 5.74) is 0. The zero-order chi connectivity index (χ0) is 52.9. The van der Waals surface area contributed by atoms with Gasteiger partial charge in [0.05, 0.1) is 0 Å². The molecule has 0 saturated carbocycles. The SMILES string of the molecule is CC/C=C\C/C=C\C/C=C\C/C=C\C/C=C\C/C=C\C/C=C\C/C=C\CCCCC(=O)OCC(COC(=O)CCCCCCC/C=C\C/C=C\CCC)OC(=O)CCCCCCC/C=C\C/C=C\C/C=C\CC. The molecule has 0 bridgehead atoms. The summed E-state index contributed by atoms with van der Waals surface area (Å²) in [6.45, 7) is 6.26. The first-order valence-corrected chi connectivity index (χ1v) is 29.0. The van der Waals surface area contributed by atoms with E-state index in [2.05, 4.69) is 179 Å². The fourth-order valence-corrected chi connectivity index (χ4v) is 7.21. The topological polar surface area (TPSA) is 78.9 Å². The third-order valence-electron chi connectivity index (χ3n) is 11.5. The second kappa shape index (κ2) is 59.6. The third-order valence-corrected chi connectivity index (χ3v) is 11.5. The Hall–Kier alpha value is -4.97. The molecule has 0 aromatic carbocycles. The van der Waals surface area contributed by atoms with Crippen LogP contribution < -0.4 is 0 Å². The number of allylic oxidation sites excluding steroid dienone is 26. The average Bonchev–Trinajstić information content (AvgIpc) is 3.39. The minimum atomic E-state index is -0.819. The lowest BCUT2D eigenvalue weighted by atomic mass is 10.1. The molecule has 0 heterocycles. The van der Waals surface area contributed by atoms with E-state index in [1.165, 1.54) is 6.42 Å². The van der Waals surface area contributed by atoms with E-state index in [4.69, 9.17) is 14.2 Å². The van der Waals surface area contributed by atoms with Gasteiger partial charge in [-0.15, -0.1) is 0 Å². The highest BCUT2D eigenvalue weighted by atomic mass is 16.6. The van der Waals surface area contributed by atoms with Gasteiger partial charge in [-0.3, -0.25) is 14.4 Å². The molecule has 6 heteroatoms. The van der Waals surface area contributed by atoms with Gasteiger partial charge in [-0.05, 0) is 141 Å². The second-order valence-electron chi connectivity index (χ2n) is 18.4. The number of hydrogen-bond acceptors (Lipinski definition) is 6. The standard InChI is InChI=1S/C67H104O6/c1-4-7-10-13-16-19-22-25-27-28-29-30-31-32-33-34-35-36-37-38-40-42-45-48-51-54-57-60-66(69)72-63-64(62-71-65(68)59-56-53-50-47-44-41-24-21-18-15-12-9-6-3)73-67(70)61-58-55-52-49-46-43-39-26-23-20-17-14-11-8-5-2/h7-8,10-12,15-17,19-21,24-27,29-30,32-33,35-36,38-40,45,48,64H,4-6,9,13-14,18,22-23,28,31,34,37,41-44,46-47,49-63H2,1-3H3/b10-7-,11-8-,15-12-,19-16-,20-17-,24-21-,27-25-,30-29-,33-32-,36-35-,39-26-,40-38-,48-45-. The van der Waals surface area contributed by atoms with Crippen LogP contribution in [0, 0.1) is 0 Å². The van der Waals surface area contributed by atoms with Crippen molar-refractivity contribution in [2.75, 3.05) is 13.2 Å². The maximum Gasteiger partial charge on any atom is 0.306 e. The van der Waals surface area contributed by atoms with Gasteiger partial charge in [0.2, 0.25) is 0 Å². The molecule has 0 fully saturated rings. The Balaban J connectivity index is 4.47. The Kier molecular flexibility index (Phi) is 55.5. The van der Waals surface area contributed by atoms with Crippen molar-refractivity contribution in [1.29, 1.82) is 0 Å². The molecule has 0 aromatic heterocycles. The Morgan fingerprint density at radius 3 is 0.863 bits per heavy atom. The highest BCUT2D eigenvalue weighted by molar-refractivity contribution is 5.71. The maximum atomic E-state index is 12.8. The molecule has 0 radical (unpaired) electrons. The molecule has 0 amide bonds. The zero-order valence-electron chi connectivity index (χ0n) is 46.6. The Morgan fingerprint density at radius 1 is 0.288 bits per heavy atom. The monoisotopic (exact) mass is 1000 g/mol. The Bertz CT molecular complexity index is 1670. The Labute approximate surface area is 448 Å². The fraction of sp³-hybridized carbons (Fsp3) is 0.567. The minimum absolute atomic E-state index is 0.113. The number of ether oxygens (including phenoxy) is 3. The summed E-state index contributed by atoms with van der Waals surface area (Å²) in [6, 6.07) is 0. The molecule has 73 heavy (non-hydrogen) atoms. The fourth-order valence-electron chi connectivity index (χ4n) is 7.21. The highest BCUT2D eigenvalue weighted by Gasteiger charge is 2.19. The van der Waals surface area contributed by atoms with Crippen LogP contribution in [-0.4, -0.2) is 37.2 Å². The van der Waals surface area contributed by atoms with Crippen molar-refractivity contribution in [3.8, 4) is 0 Å². The summed E-state index contributed by atoms with van der Waals surface area (Å²) < 4.78 is 16.8. The summed E-state index contributed by atoms with van der Waals surface area (Å²) in [6.07, 6.45) is 86.7. The van der Waals surface area contributed by atoms with Crippen LogP contribution in [0.4, 0.5) is 0 Å². The van der Waals surface area contributed by atoms with Gasteiger partial charge in [-0.25, -0.2) is 0 Å². The van der Waals surface area contributed by atoms with Crippen LogP contribution in [0.15, 0.2) is 158 Å². The van der Waals surface area contributed by atoms with Crippen LogP contribution in [0.5, 0.6) is 0 Å². The quantitative estimate of drug-likeness (QED) is 0.0261. The molecule has 1 atom stereocenters. The van der Waals surface area contributed by atoms with E-state index >= 15 is 0 Å². The second-order valence-corrected chi connectivity index (χ2v) is 18.4. The van der Waals surface area contributed by atoms with Crippen LogP contribution >= 0.6 is 0 Å². The molecule has 0 rings (SSSR count). The van der Waals surface area contributed by atoms with E-state index in [0.717, 1.165) is 173 Å². The number of carbonyl (C=O) groups is 3. The van der Waals surface area contributed by atoms with E-state index in [9.17, 15) is 14.4 Å². The van der Waals surface area contributed by atoms with Gasteiger partial charge in [0, 0.05) is 19.3 Å². The van der Waals surface area contributed by atoms with Gasteiger partial charge >= 0.3 is 17.9 Å². The van der Waals surface area contributed by atoms with Gasteiger partial charge in [0.25, 0.3) is 0 Å². The van der Waals surface area contributed by atoms with Crippen molar-refractivity contribution in [2.24, 2.45) is 0 Å². The van der Waals surface area contributed by atoms with Crippen molar-refractivity contribution in [3.63, 3.8) is 0 Å². The first-order valence-electron chi connectivity index (χ1n) is 29.0. The molecular weight excluding hydrogens is 901 g/mol. The minimum Gasteiger partial charge on any atom is -0.462 e. The molecule has 0 N–H and O–H groups in total. The summed E-state index contributed by atoms with van der Waals surface area (Å²) in [4.78, 5) is 38.1. The maximum absolute atomic E-state index is 12.8. The van der Waals surface area contributed by atoms with Gasteiger partial charge in [0.15, 0.2) is 6.10 Å².